The van der Waals surface area contributed by atoms with Crippen LogP contribution in [0.2, 0.25) is 0 Å². The monoisotopic (exact) mass is 204 g/mol. The lowest BCUT2D eigenvalue weighted by Crippen LogP contribution is -2.23. The van der Waals surface area contributed by atoms with Crippen LogP contribution in [-0.4, -0.2) is 17.6 Å². The molecule has 0 saturated carbocycles. The summed E-state index contributed by atoms with van der Waals surface area (Å²) in [7, 11) is 0. The van der Waals surface area contributed by atoms with Crippen molar-refractivity contribution in [2.24, 2.45) is 5.73 Å². The van der Waals surface area contributed by atoms with Gasteiger partial charge in [0.2, 0.25) is 0 Å². The van der Waals surface area contributed by atoms with Gasteiger partial charge >= 0.3 is 0 Å². The molecule has 0 fully saturated rings. The number of nitrogens with two attached hydrogens (primary N) is 1. The number of pyridine rings is 1. The van der Waals surface area contributed by atoms with E-state index in [-0.39, 0.29) is 6.04 Å². The fraction of sp³-hybridized carbons (Fsp3) is 0.417. The molecule has 0 spiro atoms. The van der Waals surface area contributed by atoms with Crippen molar-refractivity contribution < 1.29 is 4.74 Å². The minimum atomic E-state index is 0.0227. The molecule has 1 unspecified atom stereocenters. The highest BCUT2D eigenvalue weighted by atomic mass is 16.5. The lowest BCUT2D eigenvalue weighted by atomic mass is 10.1. The molecule has 1 aromatic heterocycles. The van der Waals surface area contributed by atoms with Gasteiger partial charge in [-0.2, -0.15) is 0 Å². The molecule has 15 heavy (non-hydrogen) atoms. The Hall–Kier alpha value is -1.35. The molecular weight excluding hydrogens is 188 g/mol. The van der Waals surface area contributed by atoms with Gasteiger partial charge in [-0.1, -0.05) is 6.07 Å². The predicted molar refractivity (Wildman–Crippen MR) is 59.2 cm³/mol. The summed E-state index contributed by atoms with van der Waals surface area (Å²) in [5, 5.41) is 0. The molecule has 1 aliphatic rings. The van der Waals surface area contributed by atoms with Gasteiger partial charge in [-0.25, -0.2) is 0 Å². The first-order valence-electron chi connectivity index (χ1n) is 5.34. The third-order valence-electron chi connectivity index (χ3n) is 2.54. The van der Waals surface area contributed by atoms with Crippen molar-refractivity contribution in [1.82, 2.24) is 4.98 Å². The number of hydrogen-bond donors (Lipinski definition) is 1. The molecule has 80 valence electrons. The maximum absolute atomic E-state index is 6.01. The molecular formula is C12H16N2O. The second kappa shape index (κ2) is 4.94. The Morgan fingerprint density at radius 3 is 3.07 bits per heavy atom. The van der Waals surface area contributed by atoms with Crippen molar-refractivity contribution in [2.45, 2.75) is 25.3 Å². The molecule has 0 amide bonds. The van der Waals surface area contributed by atoms with Gasteiger partial charge in [0.25, 0.3) is 0 Å². The van der Waals surface area contributed by atoms with Gasteiger partial charge in [0.05, 0.1) is 12.6 Å². The third-order valence-corrected chi connectivity index (χ3v) is 2.54. The van der Waals surface area contributed by atoms with Crippen LogP contribution >= 0.6 is 0 Å². The van der Waals surface area contributed by atoms with E-state index in [1.165, 1.54) is 0 Å². The molecule has 2 heterocycles. The van der Waals surface area contributed by atoms with E-state index < -0.39 is 0 Å². The van der Waals surface area contributed by atoms with E-state index in [1.807, 2.05) is 24.4 Å². The van der Waals surface area contributed by atoms with Gasteiger partial charge in [-0.15, -0.1) is 0 Å². The zero-order valence-corrected chi connectivity index (χ0v) is 8.73. The van der Waals surface area contributed by atoms with Crippen LogP contribution in [0, 0.1) is 0 Å². The SMILES string of the molecule is NC(CCc1ccccn1)C1=CCCO1. The van der Waals surface area contributed by atoms with Crippen molar-refractivity contribution in [3.05, 3.63) is 41.9 Å². The van der Waals surface area contributed by atoms with Crippen molar-refractivity contribution in [3.63, 3.8) is 0 Å². The largest absolute Gasteiger partial charge is 0.496 e. The van der Waals surface area contributed by atoms with Crippen LogP contribution in [0.15, 0.2) is 36.2 Å². The van der Waals surface area contributed by atoms with Crippen molar-refractivity contribution in [1.29, 1.82) is 0 Å². The minimum Gasteiger partial charge on any atom is -0.496 e. The Labute approximate surface area is 90.0 Å². The van der Waals surface area contributed by atoms with E-state index in [0.29, 0.717) is 0 Å². The quantitative estimate of drug-likeness (QED) is 0.811. The Bertz CT molecular complexity index is 335. The molecule has 1 atom stereocenters. The van der Waals surface area contributed by atoms with Gasteiger partial charge < -0.3 is 10.5 Å². The second-order valence-corrected chi connectivity index (χ2v) is 3.71. The summed E-state index contributed by atoms with van der Waals surface area (Å²) < 4.78 is 5.42. The zero-order chi connectivity index (χ0) is 10.5. The maximum Gasteiger partial charge on any atom is 0.109 e. The molecule has 0 bridgehead atoms. The van der Waals surface area contributed by atoms with E-state index in [1.54, 1.807) is 0 Å². The average Bonchev–Trinajstić information content (AvgIpc) is 2.81. The highest BCUT2D eigenvalue weighted by Crippen LogP contribution is 2.15. The van der Waals surface area contributed by atoms with Crippen molar-refractivity contribution in [3.8, 4) is 0 Å². The van der Waals surface area contributed by atoms with Gasteiger partial charge in [-0.05, 0) is 31.1 Å². The standard InChI is InChI=1S/C12H16N2O/c13-11(12-5-3-9-15-12)7-6-10-4-1-2-8-14-10/h1-2,4-5,8,11H,3,6-7,9,13H2. The van der Waals surface area contributed by atoms with E-state index >= 15 is 0 Å². The summed E-state index contributed by atoms with van der Waals surface area (Å²) in [6, 6.07) is 5.97. The molecule has 0 saturated heterocycles. The van der Waals surface area contributed by atoms with Crippen LogP contribution in [0.3, 0.4) is 0 Å². The summed E-state index contributed by atoms with van der Waals surface area (Å²) in [4.78, 5) is 4.26. The summed E-state index contributed by atoms with van der Waals surface area (Å²) in [6.45, 7) is 0.784. The third kappa shape index (κ3) is 2.80. The summed E-state index contributed by atoms with van der Waals surface area (Å²) >= 11 is 0. The molecule has 1 aliphatic heterocycles. The fourth-order valence-electron chi connectivity index (χ4n) is 1.69. The molecule has 2 rings (SSSR count). The van der Waals surface area contributed by atoms with Gasteiger partial charge in [-0.3, -0.25) is 4.98 Å². The minimum absolute atomic E-state index is 0.0227. The maximum atomic E-state index is 6.01. The van der Waals surface area contributed by atoms with Crippen LogP contribution in [0.5, 0.6) is 0 Å². The second-order valence-electron chi connectivity index (χ2n) is 3.71. The van der Waals surface area contributed by atoms with E-state index in [4.69, 9.17) is 10.5 Å². The first kappa shape index (κ1) is 10.2. The van der Waals surface area contributed by atoms with Crippen LogP contribution in [-0.2, 0) is 11.2 Å². The smallest absolute Gasteiger partial charge is 0.109 e. The van der Waals surface area contributed by atoms with Crippen molar-refractivity contribution >= 4 is 0 Å². The molecule has 1 aromatic rings. The first-order valence-corrected chi connectivity index (χ1v) is 5.34. The Kier molecular flexibility index (Phi) is 3.35. The number of hydrogen-bond acceptors (Lipinski definition) is 3. The first-order chi connectivity index (χ1) is 7.36. The number of rotatable bonds is 4. The molecule has 3 nitrogen and oxygen atoms in total. The van der Waals surface area contributed by atoms with E-state index in [9.17, 15) is 0 Å². The van der Waals surface area contributed by atoms with Gasteiger partial charge in [0.1, 0.15) is 5.76 Å². The molecule has 0 aromatic carbocycles. The number of ether oxygens (including phenoxy) is 1. The highest BCUT2D eigenvalue weighted by Gasteiger charge is 2.14. The Balaban J connectivity index is 1.83. The van der Waals surface area contributed by atoms with Gasteiger partial charge in [0.15, 0.2) is 0 Å². The lowest BCUT2D eigenvalue weighted by molar-refractivity contribution is 0.222. The van der Waals surface area contributed by atoms with E-state index in [2.05, 4.69) is 11.1 Å². The lowest BCUT2D eigenvalue weighted by Gasteiger charge is -2.12. The predicted octanol–water partition coefficient (Wildman–Crippen LogP) is 1.65. The van der Waals surface area contributed by atoms with Crippen LogP contribution < -0.4 is 5.73 Å². The molecule has 3 heteroatoms. The fourth-order valence-corrected chi connectivity index (χ4v) is 1.69. The zero-order valence-electron chi connectivity index (χ0n) is 8.73. The summed E-state index contributed by atoms with van der Waals surface area (Å²) in [6.07, 6.45) is 6.69. The summed E-state index contributed by atoms with van der Waals surface area (Å²) in [5.41, 5.74) is 7.10. The van der Waals surface area contributed by atoms with Crippen LogP contribution in [0.4, 0.5) is 0 Å². The van der Waals surface area contributed by atoms with E-state index in [0.717, 1.165) is 37.3 Å². The molecule has 0 radical (unpaired) electrons. The van der Waals surface area contributed by atoms with Crippen LogP contribution in [0.25, 0.3) is 0 Å². The summed E-state index contributed by atoms with van der Waals surface area (Å²) in [5.74, 6) is 0.950. The number of aryl methyl sites for hydroxylation is 1. The Morgan fingerprint density at radius 2 is 2.40 bits per heavy atom. The highest BCUT2D eigenvalue weighted by molar-refractivity contribution is 5.09. The average molecular weight is 204 g/mol. The number of aromatic nitrogens is 1. The van der Waals surface area contributed by atoms with Crippen LogP contribution in [0.1, 0.15) is 18.5 Å². The normalized spacial score (nSPS) is 17.0. The molecule has 0 aliphatic carbocycles. The number of nitrogens with zero attached hydrogens (tertiary/aromatic N) is 1. The molecule has 2 N–H and O–H groups in total. The Morgan fingerprint density at radius 1 is 1.47 bits per heavy atom. The topological polar surface area (TPSA) is 48.1 Å². The van der Waals surface area contributed by atoms with Gasteiger partial charge in [0, 0.05) is 18.3 Å². The van der Waals surface area contributed by atoms with Crippen molar-refractivity contribution in [2.75, 3.05) is 6.61 Å².